The van der Waals surface area contributed by atoms with E-state index in [2.05, 4.69) is 22.9 Å². The number of anilines is 1. The monoisotopic (exact) mass is 354 g/mol. The average Bonchev–Trinajstić information content (AvgIpc) is 3.23. The lowest BCUT2D eigenvalue weighted by Gasteiger charge is -2.26. The summed E-state index contributed by atoms with van der Waals surface area (Å²) in [6, 6.07) is 8.29. The molecule has 1 unspecified atom stereocenters. The maximum atomic E-state index is 6.24. The molecule has 1 fully saturated rings. The third-order valence-electron chi connectivity index (χ3n) is 5.16. The van der Waals surface area contributed by atoms with Gasteiger partial charge in [0.15, 0.2) is 11.5 Å². The Kier molecular flexibility index (Phi) is 4.34. The van der Waals surface area contributed by atoms with Crippen LogP contribution in [0.15, 0.2) is 36.7 Å². The molecule has 1 saturated carbocycles. The van der Waals surface area contributed by atoms with Crippen molar-refractivity contribution < 1.29 is 9.47 Å². The van der Waals surface area contributed by atoms with Gasteiger partial charge >= 0.3 is 0 Å². The van der Waals surface area contributed by atoms with E-state index in [1.807, 2.05) is 30.6 Å². The normalized spacial score (nSPS) is 20.0. The topological polar surface area (TPSA) is 34.6 Å². The predicted molar refractivity (Wildman–Crippen MR) is 103 cm³/mol. The molecule has 1 aliphatic heterocycles. The smallest absolute Gasteiger partial charge is 0.163 e. The molecule has 1 aromatic carbocycles. The highest BCUT2D eigenvalue weighted by atomic mass is 32.1. The molecule has 0 saturated heterocycles. The van der Waals surface area contributed by atoms with E-state index in [0.717, 1.165) is 40.6 Å². The van der Waals surface area contributed by atoms with E-state index in [4.69, 9.17) is 21.7 Å². The molecule has 1 aromatic heterocycles. The highest BCUT2D eigenvalue weighted by molar-refractivity contribution is 7.81. The second kappa shape index (κ2) is 6.64. The minimum absolute atomic E-state index is 0.179. The van der Waals surface area contributed by atoms with E-state index in [-0.39, 0.29) is 12.1 Å². The van der Waals surface area contributed by atoms with Gasteiger partial charge in [0, 0.05) is 29.7 Å². The molecule has 2 heterocycles. The third kappa shape index (κ3) is 2.86. The molecule has 4 nitrogen and oxygen atoms in total. The fraction of sp³-hybridized carbons (Fsp3) is 0.400. The number of thiocarbonyl (C=S) groups is 1. The van der Waals surface area contributed by atoms with Crippen molar-refractivity contribution in [1.29, 1.82) is 0 Å². The van der Waals surface area contributed by atoms with Crippen LogP contribution in [0.2, 0.25) is 0 Å². The van der Waals surface area contributed by atoms with Crippen LogP contribution in [-0.2, 0) is 0 Å². The van der Waals surface area contributed by atoms with Gasteiger partial charge in [0.25, 0.3) is 0 Å². The van der Waals surface area contributed by atoms with Gasteiger partial charge in [-0.1, -0.05) is 12.2 Å². The van der Waals surface area contributed by atoms with E-state index >= 15 is 0 Å². The fourth-order valence-electron chi connectivity index (χ4n) is 3.83. The summed E-state index contributed by atoms with van der Waals surface area (Å²) >= 11 is 5.72. The van der Waals surface area contributed by atoms with Crippen LogP contribution in [0.5, 0.6) is 11.5 Å². The van der Waals surface area contributed by atoms with Gasteiger partial charge in [-0.2, -0.15) is 0 Å². The number of hydrogen-bond donors (Lipinski definition) is 0. The highest BCUT2D eigenvalue weighted by Crippen LogP contribution is 2.41. The lowest BCUT2D eigenvalue weighted by molar-refractivity contribution is 0.201. The van der Waals surface area contributed by atoms with Crippen molar-refractivity contribution in [3.05, 3.63) is 47.8 Å². The van der Waals surface area contributed by atoms with Gasteiger partial charge in [0.2, 0.25) is 0 Å². The largest absolute Gasteiger partial charge is 0.493 e. The van der Waals surface area contributed by atoms with Crippen LogP contribution in [0.1, 0.15) is 49.8 Å². The zero-order valence-electron chi connectivity index (χ0n) is 14.6. The molecule has 0 radical (unpaired) electrons. The summed E-state index contributed by atoms with van der Waals surface area (Å²) in [7, 11) is 1.68. The Morgan fingerprint density at radius 1 is 1.16 bits per heavy atom. The first-order valence-electron chi connectivity index (χ1n) is 8.81. The summed E-state index contributed by atoms with van der Waals surface area (Å²) in [6.07, 6.45) is 8.67. The van der Waals surface area contributed by atoms with Crippen molar-refractivity contribution in [3.8, 4) is 11.5 Å². The third-order valence-corrected chi connectivity index (χ3v) is 5.58. The first kappa shape index (κ1) is 16.3. The molecule has 1 aliphatic carbocycles. The van der Waals surface area contributed by atoms with Gasteiger partial charge in [-0.15, -0.1) is 0 Å². The van der Waals surface area contributed by atoms with Gasteiger partial charge < -0.3 is 14.4 Å². The van der Waals surface area contributed by atoms with Gasteiger partial charge in [-0.25, -0.2) is 0 Å². The number of pyridine rings is 1. The minimum atomic E-state index is 0.179. The van der Waals surface area contributed by atoms with Crippen molar-refractivity contribution in [1.82, 2.24) is 4.98 Å². The molecule has 25 heavy (non-hydrogen) atoms. The molecule has 2 aromatic rings. The predicted octanol–water partition coefficient (Wildman–Crippen LogP) is 4.67. The Bertz CT molecular complexity index is 802. The first-order valence-corrected chi connectivity index (χ1v) is 9.22. The minimum Gasteiger partial charge on any atom is -0.493 e. The number of benzene rings is 1. The Balaban J connectivity index is 1.68. The van der Waals surface area contributed by atoms with Crippen LogP contribution in [0.4, 0.5) is 5.69 Å². The molecule has 0 bridgehead atoms. The molecule has 2 aliphatic rings. The van der Waals surface area contributed by atoms with Gasteiger partial charge in [-0.3, -0.25) is 4.98 Å². The summed E-state index contributed by atoms with van der Waals surface area (Å²) in [5.41, 5.74) is 3.29. The molecule has 0 N–H and O–H groups in total. The number of fused-ring (bicyclic) bond motifs is 1. The first-order chi connectivity index (χ1) is 12.2. The van der Waals surface area contributed by atoms with E-state index in [9.17, 15) is 0 Å². The average molecular weight is 354 g/mol. The maximum Gasteiger partial charge on any atom is 0.163 e. The van der Waals surface area contributed by atoms with E-state index in [1.165, 1.54) is 18.4 Å². The number of aromatic nitrogens is 1. The van der Waals surface area contributed by atoms with E-state index in [1.54, 1.807) is 7.11 Å². The fourth-order valence-corrected chi connectivity index (χ4v) is 4.26. The summed E-state index contributed by atoms with van der Waals surface area (Å²) in [5, 5.41) is 0. The quantitative estimate of drug-likeness (QED) is 0.746. The van der Waals surface area contributed by atoms with E-state index in [0.29, 0.717) is 0 Å². The van der Waals surface area contributed by atoms with Crippen LogP contribution < -0.4 is 14.4 Å². The molecule has 5 heteroatoms. The van der Waals surface area contributed by atoms with Gasteiger partial charge in [0.1, 0.15) is 4.99 Å². The zero-order valence-corrected chi connectivity index (χ0v) is 15.4. The molecule has 0 amide bonds. The number of nitrogens with zero attached hydrogens (tertiary/aromatic N) is 2. The van der Waals surface area contributed by atoms with Crippen molar-refractivity contribution in [2.24, 2.45) is 0 Å². The van der Waals surface area contributed by atoms with Gasteiger partial charge in [0.05, 0.1) is 19.3 Å². The standard InChI is InChI=1S/C20H22N2O2S/c1-13-16-9-10-21-12-17(16)20(25)22(13)14-7-8-18(23-2)19(11-14)24-15-5-3-4-6-15/h7-13,15H,3-6H2,1-2H3. The number of ether oxygens (including phenoxy) is 2. The van der Waals surface area contributed by atoms with Crippen molar-refractivity contribution >= 4 is 22.9 Å². The van der Waals surface area contributed by atoms with Crippen molar-refractivity contribution in [3.63, 3.8) is 0 Å². The second-order valence-electron chi connectivity index (χ2n) is 6.67. The SMILES string of the molecule is COc1ccc(N2C(=S)c3cnccc3C2C)cc1OC1CCCC1. The van der Waals surface area contributed by atoms with Crippen molar-refractivity contribution in [2.75, 3.05) is 12.0 Å². The zero-order chi connectivity index (χ0) is 17.4. The summed E-state index contributed by atoms with van der Waals surface area (Å²) < 4.78 is 11.7. The molecule has 4 rings (SSSR count). The molecular weight excluding hydrogens is 332 g/mol. The van der Waals surface area contributed by atoms with Crippen molar-refractivity contribution in [2.45, 2.75) is 44.8 Å². The van der Waals surface area contributed by atoms with Crippen LogP contribution >= 0.6 is 12.2 Å². The maximum absolute atomic E-state index is 6.24. The summed E-state index contributed by atoms with van der Waals surface area (Å²) in [5.74, 6) is 1.57. The molecule has 1 atom stereocenters. The molecular formula is C20H22N2O2S. The second-order valence-corrected chi connectivity index (χ2v) is 7.06. The Morgan fingerprint density at radius 2 is 1.96 bits per heavy atom. The lowest BCUT2D eigenvalue weighted by atomic mass is 10.1. The highest BCUT2D eigenvalue weighted by Gasteiger charge is 2.32. The number of hydrogen-bond acceptors (Lipinski definition) is 4. The molecule has 130 valence electrons. The molecule has 0 spiro atoms. The Hall–Kier alpha value is -2.14. The number of rotatable bonds is 4. The Labute approximate surface area is 153 Å². The van der Waals surface area contributed by atoms with Crippen LogP contribution in [-0.4, -0.2) is 23.2 Å². The lowest BCUT2D eigenvalue weighted by Crippen LogP contribution is -2.25. The van der Waals surface area contributed by atoms with Crippen LogP contribution in [0.3, 0.4) is 0 Å². The summed E-state index contributed by atoms with van der Waals surface area (Å²) in [4.78, 5) is 7.21. The van der Waals surface area contributed by atoms with Crippen LogP contribution in [0.25, 0.3) is 0 Å². The van der Waals surface area contributed by atoms with E-state index < -0.39 is 0 Å². The van der Waals surface area contributed by atoms with Gasteiger partial charge in [-0.05, 0) is 56.4 Å². The number of methoxy groups -OCH3 is 1. The summed E-state index contributed by atoms with van der Waals surface area (Å²) in [6.45, 7) is 2.17. The Morgan fingerprint density at radius 3 is 2.68 bits per heavy atom. The van der Waals surface area contributed by atoms with Crippen LogP contribution in [0, 0.1) is 0 Å².